The lowest BCUT2D eigenvalue weighted by Crippen LogP contribution is -2.42. The van der Waals surface area contributed by atoms with Gasteiger partial charge in [0, 0.05) is 12.6 Å². The molecule has 2 atom stereocenters. The first-order chi connectivity index (χ1) is 11.9. The van der Waals surface area contributed by atoms with Crippen molar-refractivity contribution in [1.82, 2.24) is 15.1 Å². The molecule has 1 amide bonds. The summed E-state index contributed by atoms with van der Waals surface area (Å²) in [5, 5.41) is 7.53. The second-order valence-corrected chi connectivity index (χ2v) is 7.20. The lowest BCUT2D eigenvalue weighted by Gasteiger charge is -2.29. The van der Waals surface area contributed by atoms with E-state index in [9.17, 15) is 9.59 Å². The first-order valence-electron chi connectivity index (χ1n) is 9.13. The maximum Gasteiger partial charge on any atom is 0.343 e. The quantitative estimate of drug-likeness (QED) is 0.746. The Kier molecular flexibility index (Phi) is 7.29. The molecule has 2 rings (SSSR count). The lowest BCUT2D eigenvalue weighted by molar-refractivity contribution is -0.125. The third-order valence-corrected chi connectivity index (χ3v) is 5.17. The molecule has 0 bridgehead atoms. The van der Waals surface area contributed by atoms with Crippen LogP contribution in [-0.4, -0.2) is 34.3 Å². The molecule has 1 N–H and O–H groups in total. The van der Waals surface area contributed by atoms with E-state index in [0.29, 0.717) is 18.2 Å². The van der Waals surface area contributed by atoms with Gasteiger partial charge in [0.25, 0.3) is 5.91 Å². The molecule has 0 radical (unpaired) electrons. The molecule has 1 heterocycles. The van der Waals surface area contributed by atoms with Gasteiger partial charge in [0.2, 0.25) is 0 Å². The van der Waals surface area contributed by atoms with Crippen LogP contribution in [0, 0.1) is 12.8 Å². The molecule has 7 heteroatoms. The number of nitrogens with zero attached hydrogens (tertiary/aromatic N) is 2. The van der Waals surface area contributed by atoms with Gasteiger partial charge in [-0.05, 0) is 32.1 Å². The molecule has 0 spiro atoms. The number of nitrogens with one attached hydrogen (secondary N) is 1. The van der Waals surface area contributed by atoms with Gasteiger partial charge in [-0.15, -0.1) is 0 Å². The normalized spacial score (nSPS) is 20.3. The summed E-state index contributed by atoms with van der Waals surface area (Å²) in [6, 6.07) is 0.169. The number of amides is 1. The van der Waals surface area contributed by atoms with Crippen molar-refractivity contribution in [1.29, 1.82) is 0 Å². The van der Waals surface area contributed by atoms with Crippen molar-refractivity contribution >= 4 is 23.5 Å². The maximum absolute atomic E-state index is 12.3. The van der Waals surface area contributed by atoms with E-state index in [1.165, 1.54) is 6.42 Å². The molecule has 6 nitrogen and oxygen atoms in total. The van der Waals surface area contributed by atoms with E-state index in [1.54, 1.807) is 11.6 Å². The minimum absolute atomic E-state index is 0.169. The molecule has 0 aliphatic heterocycles. The molecular formula is C18H28ClN3O3. The Morgan fingerprint density at radius 1 is 1.36 bits per heavy atom. The molecule has 1 aliphatic rings. The summed E-state index contributed by atoms with van der Waals surface area (Å²) >= 11 is 6.25. The minimum atomic E-state index is -0.600. The van der Waals surface area contributed by atoms with Crippen LogP contribution in [0.25, 0.3) is 0 Å². The van der Waals surface area contributed by atoms with Crippen molar-refractivity contribution in [3.63, 3.8) is 0 Å². The first-order valence-corrected chi connectivity index (χ1v) is 9.51. The van der Waals surface area contributed by atoms with Crippen molar-refractivity contribution in [3.05, 3.63) is 16.4 Å². The Bertz CT molecular complexity index is 615. The van der Waals surface area contributed by atoms with Crippen molar-refractivity contribution in [3.8, 4) is 0 Å². The summed E-state index contributed by atoms with van der Waals surface area (Å²) < 4.78 is 6.77. The van der Waals surface area contributed by atoms with E-state index in [-0.39, 0.29) is 29.3 Å². The van der Waals surface area contributed by atoms with Gasteiger partial charge in [-0.1, -0.05) is 44.7 Å². The average molecular weight is 370 g/mol. The van der Waals surface area contributed by atoms with Crippen LogP contribution in [0.5, 0.6) is 0 Å². The topological polar surface area (TPSA) is 73.2 Å². The van der Waals surface area contributed by atoms with E-state index >= 15 is 0 Å². The number of carbonyl (C=O) groups excluding carboxylic acids is 2. The Morgan fingerprint density at radius 2 is 2.08 bits per heavy atom. The van der Waals surface area contributed by atoms with Gasteiger partial charge in [-0.2, -0.15) is 5.10 Å². The van der Waals surface area contributed by atoms with Gasteiger partial charge in [-0.3, -0.25) is 9.48 Å². The summed E-state index contributed by atoms with van der Waals surface area (Å²) in [7, 11) is 0. The zero-order valence-electron chi connectivity index (χ0n) is 15.3. The fraction of sp³-hybridized carbons (Fsp3) is 0.722. The van der Waals surface area contributed by atoms with Crippen LogP contribution in [-0.2, 0) is 16.1 Å². The number of hydrogen-bond donors (Lipinski definition) is 1. The van der Waals surface area contributed by atoms with Gasteiger partial charge in [-0.25, -0.2) is 4.79 Å². The highest BCUT2D eigenvalue weighted by molar-refractivity contribution is 6.32. The SMILES string of the molecule is CCCCn1nc(C)c(C(=O)OCC(=O)N[C@@H]2CCCC[C@H]2C)c1Cl. The number of halogens is 1. The van der Waals surface area contributed by atoms with Crippen LogP contribution in [0.2, 0.25) is 5.15 Å². The summed E-state index contributed by atoms with van der Waals surface area (Å²) in [6.07, 6.45) is 6.38. The van der Waals surface area contributed by atoms with Crippen LogP contribution in [0.15, 0.2) is 0 Å². The van der Waals surface area contributed by atoms with Gasteiger partial charge in [0.15, 0.2) is 6.61 Å². The number of unbranched alkanes of at least 4 members (excludes halogenated alkanes) is 1. The number of esters is 1. The minimum Gasteiger partial charge on any atom is -0.452 e. The Balaban J connectivity index is 1.89. The number of aromatic nitrogens is 2. The van der Waals surface area contributed by atoms with E-state index in [0.717, 1.165) is 32.1 Å². The van der Waals surface area contributed by atoms with E-state index in [1.807, 2.05) is 0 Å². The zero-order valence-corrected chi connectivity index (χ0v) is 16.1. The highest BCUT2D eigenvalue weighted by atomic mass is 35.5. The fourth-order valence-electron chi connectivity index (χ4n) is 3.22. The number of ether oxygens (including phenoxy) is 1. The predicted octanol–water partition coefficient (Wildman–Crippen LogP) is 3.50. The van der Waals surface area contributed by atoms with Crippen LogP contribution in [0.1, 0.15) is 68.4 Å². The van der Waals surface area contributed by atoms with E-state index in [2.05, 4.69) is 24.3 Å². The predicted molar refractivity (Wildman–Crippen MR) is 96.7 cm³/mol. The third-order valence-electron chi connectivity index (χ3n) is 4.79. The number of carbonyl (C=O) groups is 2. The summed E-state index contributed by atoms with van der Waals surface area (Å²) in [4.78, 5) is 24.4. The lowest BCUT2D eigenvalue weighted by atomic mass is 9.86. The largest absolute Gasteiger partial charge is 0.452 e. The summed E-state index contributed by atoms with van der Waals surface area (Å²) in [5.41, 5.74) is 0.768. The molecule has 1 aromatic heterocycles. The third kappa shape index (κ3) is 5.21. The van der Waals surface area contributed by atoms with Crippen LogP contribution in [0.3, 0.4) is 0 Å². The van der Waals surface area contributed by atoms with Crippen LogP contribution in [0.4, 0.5) is 0 Å². The second kappa shape index (κ2) is 9.22. The first kappa shape index (κ1) is 19.8. The Labute approximate surface area is 154 Å². The number of hydrogen-bond acceptors (Lipinski definition) is 4. The van der Waals surface area contributed by atoms with E-state index < -0.39 is 5.97 Å². The number of aryl methyl sites for hydroxylation is 2. The van der Waals surface area contributed by atoms with Gasteiger partial charge in [0.1, 0.15) is 10.7 Å². The molecule has 0 saturated heterocycles. The van der Waals surface area contributed by atoms with Crippen molar-refractivity contribution in [2.45, 2.75) is 71.9 Å². The molecule has 0 unspecified atom stereocenters. The second-order valence-electron chi connectivity index (χ2n) is 6.84. The molecule has 1 saturated carbocycles. The Hall–Kier alpha value is -1.56. The van der Waals surface area contributed by atoms with Crippen molar-refractivity contribution in [2.75, 3.05) is 6.61 Å². The smallest absolute Gasteiger partial charge is 0.343 e. The maximum atomic E-state index is 12.3. The summed E-state index contributed by atoms with van der Waals surface area (Å²) in [5.74, 6) is -0.404. The van der Waals surface area contributed by atoms with Gasteiger partial charge in [0.05, 0.1) is 5.69 Å². The molecule has 1 aromatic rings. The summed E-state index contributed by atoms with van der Waals surface area (Å²) in [6.45, 7) is 6.30. The zero-order chi connectivity index (χ0) is 18.4. The monoisotopic (exact) mass is 369 g/mol. The molecule has 0 aromatic carbocycles. The van der Waals surface area contributed by atoms with Gasteiger partial charge >= 0.3 is 5.97 Å². The van der Waals surface area contributed by atoms with Crippen LogP contribution >= 0.6 is 11.6 Å². The molecular weight excluding hydrogens is 342 g/mol. The Morgan fingerprint density at radius 3 is 2.76 bits per heavy atom. The molecule has 140 valence electrons. The van der Waals surface area contributed by atoms with Crippen LogP contribution < -0.4 is 5.32 Å². The van der Waals surface area contributed by atoms with E-state index in [4.69, 9.17) is 16.3 Å². The average Bonchev–Trinajstić information content (AvgIpc) is 2.86. The van der Waals surface area contributed by atoms with Gasteiger partial charge < -0.3 is 10.1 Å². The highest BCUT2D eigenvalue weighted by Gasteiger charge is 2.25. The highest BCUT2D eigenvalue weighted by Crippen LogP contribution is 2.24. The fourth-order valence-corrected chi connectivity index (χ4v) is 3.56. The standard InChI is InChI=1S/C18H28ClN3O3/c1-4-5-10-22-17(19)16(13(3)21-22)18(24)25-11-15(23)20-14-9-7-6-8-12(14)2/h12,14H,4-11H2,1-3H3,(H,20,23)/t12-,14-/m1/s1. The molecule has 1 fully saturated rings. The molecule has 25 heavy (non-hydrogen) atoms. The molecule has 1 aliphatic carbocycles. The van der Waals surface area contributed by atoms with Crippen molar-refractivity contribution < 1.29 is 14.3 Å². The van der Waals surface area contributed by atoms with Crippen molar-refractivity contribution in [2.24, 2.45) is 5.92 Å². The number of rotatable bonds is 7.